The molecule has 1 N–H and O–H groups in total. The highest BCUT2D eigenvalue weighted by molar-refractivity contribution is 5.70. The Labute approximate surface area is 200 Å². The Balaban J connectivity index is 1.51. The molecule has 1 aliphatic heterocycles. The van der Waals surface area contributed by atoms with Crippen LogP contribution in [0.1, 0.15) is 52.7 Å². The van der Waals surface area contributed by atoms with Crippen molar-refractivity contribution < 1.29 is 9.53 Å². The lowest BCUT2D eigenvalue weighted by Gasteiger charge is -2.24. The Bertz CT molecular complexity index is 1210. The van der Waals surface area contributed by atoms with E-state index in [1.165, 1.54) is 0 Å². The van der Waals surface area contributed by atoms with Gasteiger partial charge in [-0.05, 0) is 69.9 Å². The molecule has 0 radical (unpaired) electrons. The van der Waals surface area contributed by atoms with Crippen molar-refractivity contribution in [3.63, 3.8) is 0 Å². The van der Waals surface area contributed by atoms with Gasteiger partial charge in [-0.15, -0.1) is 0 Å². The maximum Gasteiger partial charge on any atom is 0.410 e. The van der Waals surface area contributed by atoms with Crippen molar-refractivity contribution in [3.8, 4) is 11.1 Å². The van der Waals surface area contributed by atoms with Gasteiger partial charge in [-0.2, -0.15) is 0 Å². The first kappa shape index (κ1) is 23.8. The first-order valence-electron chi connectivity index (χ1n) is 12.1. The number of rotatable bonds is 6. The highest BCUT2D eigenvalue weighted by atomic mass is 16.6. The summed E-state index contributed by atoms with van der Waals surface area (Å²) >= 11 is 0. The van der Waals surface area contributed by atoms with Gasteiger partial charge in [0.15, 0.2) is 0 Å². The third-order valence-corrected chi connectivity index (χ3v) is 5.96. The summed E-state index contributed by atoms with van der Waals surface area (Å²) in [6.07, 6.45) is 5.16. The van der Waals surface area contributed by atoms with Crippen molar-refractivity contribution >= 4 is 17.4 Å². The molecule has 7 heteroatoms. The number of carbonyl (C=O) groups is 1. The van der Waals surface area contributed by atoms with Crippen molar-refractivity contribution in [2.24, 2.45) is 0 Å². The molecule has 7 nitrogen and oxygen atoms in total. The molecule has 1 aliphatic rings. The second kappa shape index (κ2) is 9.87. The van der Waals surface area contributed by atoms with E-state index in [9.17, 15) is 9.59 Å². The number of hydrogen-bond donors (Lipinski definition) is 1. The molecule has 0 saturated carbocycles. The number of amides is 1. The molecule has 0 aliphatic carbocycles. The minimum atomic E-state index is -0.495. The SMILES string of the molecule is CCCCc1nc2ccccn2c(=O)c1-c1ccc(N[C@H]2CCN(C(=O)OC(C)(C)C)C2)cc1. The van der Waals surface area contributed by atoms with Crippen LogP contribution >= 0.6 is 0 Å². The third-order valence-electron chi connectivity index (χ3n) is 5.96. The van der Waals surface area contributed by atoms with Crippen molar-refractivity contribution in [1.29, 1.82) is 0 Å². The van der Waals surface area contributed by atoms with Gasteiger partial charge in [0.05, 0.1) is 11.3 Å². The van der Waals surface area contributed by atoms with Gasteiger partial charge in [0.1, 0.15) is 11.2 Å². The zero-order chi connectivity index (χ0) is 24.3. The highest BCUT2D eigenvalue weighted by Crippen LogP contribution is 2.25. The summed E-state index contributed by atoms with van der Waals surface area (Å²) < 4.78 is 7.10. The van der Waals surface area contributed by atoms with E-state index in [0.29, 0.717) is 24.3 Å². The Morgan fingerprint density at radius 1 is 1.18 bits per heavy atom. The zero-order valence-electron chi connectivity index (χ0n) is 20.5. The molecule has 1 atom stereocenters. The van der Waals surface area contributed by atoms with Crippen LogP contribution in [0, 0.1) is 0 Å². The molecule has 2 aromatic heterocycles. The van der Waals surface area contributed by atoms with Crippen LogP contribution in [0.4, 0.5) is 10.5 Å². The predicted octanol–water partition coefficient (Wildman–Crippen LogP) is 5.13. The molecule has 34 heavy (non-hydrogen) atoms. The van der Waals surface area contributed by atoms with Crippen molar-refractivity contribution in [2.45, 2.75) is 65.0 Å². The molecule has 4 rings (SSSR count). The number of carbonyl (C=O) groups excluding carboxylic acids is 1. The van der Waals surface area contributed by atoms with Crippen LogP contribution in [0.5, 0.6) is 0 Å². The summed E-state index contributed by atoms with van der Waals surface area (Å²) in [5, 5.41) is 3.51. The van der Waals surface area contributed by atoms with E-state index >= 15 is 0 Å². The highest BCUT2D eigenvalue weighted by Gasteiger charge is 2.29. The van der Waals surface area contributed by atoms with Gasteiger partial charge < -0.3 is 15.0 Å². The van der Waals surface area contributed by atoms with E-state index in [-0.39, 0.29) is 17.7 Å². The number of ether oxygens (including phenoxy) is 1. The maximum atomic E-state index is 13.3. The van der Waals surface area contributed by atoms with Crippen LogP contribution < -0.4 is 10.9 Å². The van der Waals surface area contributed by atoms with Crippen LogP contribution in [0.3, 0.4) is 0 Å². The number of pyridine rings is 1. The number of aryl methyl sites for hydroxylation is 1. The molecule has 3 heterocycles. The van der Waals surface area contributed by atoms with Crippen LogP contribution in [0.2, 0.25) is 0 Å². The van der Waals surface area contributed by atoms with E-state index in [1.807, 2.05) is 63.2 Å². The van der Waals surface area contributed by atoms with Crippen molar-refractivity contribution in [1.82, 2.24) is 14.3 Å². The molecule has 1 fully saturated rings. The normalized spacial score (nSPS) is 16.1. The third kappa shape index (κ3) is 5.41. The van der Waals surface area contributed by atoms with Gasteiger partial charge in [0.25, 0.3) is 5.56 Å². The fraction of sp³-hybridized carbons (Fsp3) is 0.444. The molecule has 180 valence electrons. The summed E-state index contributed by atoms with van der Waals surface area (Å²) in [6.45, 7) is 9.05. The quantitative estimate of drug-likeness (QED) is 0.550. The summed E-state index contributed by atoms with van der Waals surface area (Å²) in [6, 6.07) is 13.7. The van der Waals surface area contributed by atoms with E-state index in [2.05, 4.69) is 12.2 Å². The van der Waals surface area contributed by atoms with Gasteiger partial charge in [-0.25, -0.2) is 9.78 Å². The Morgan fingerprint density at radius 2 is 1.94 bits per heavy atom. The van der Waals surface area contributed by atoms with Crippen LogP contribution in [0.15, 0.2) is 53.5 Å². The summed E-state index contributed by atoms with van der Waals surface area (Å²) in [4.78, 5) is 32.2. The zero-order valence-corrected chi connectivity index (χ0v) is 20.5. The lowest BCUT2D eigenvalue weighted by atomic mass is 10.0. The van der Waals surface area contributed by atoms with Crippen LogP contribution in [-0.2, 0) is 11.2 Å². The predicted molar refractivity (Wildman–Crippen MR) is 135 cm³/mol. The Hall–Kier alpha value is -3.35. The average molecular weight is 463 g/mol. The monoisotopic (exact) mass is 462 g/mol. The van der Waals surface area contributed by atoms with E-state index in [4.69, 9.17) is 9.72 Å². The van der Waals surface area contributed by atoms with Gasteiger partial charge in [0, 0.05) is 31.0 Å². The van der Waals surface area contributed by atoms with Gasteiger partial charge in [0.2, 0.25) is 0 Å². The fourth-order valence-corrected chi connectivity index (χ4v) is 4.29. The summed E-state index contributed by atoms with van der Waals surface area (Å²) in [5.41, 5.74) is 3.49. The minimum absolute atomic E-state index is 0.0405. The molecule has 3 aromatic rings. The topological polar surface area (TPSA) is 75.9 Å². The standard InChI is InChI=1S/C27H34N4O3/c1-5-6-9-22-24(25(32)31-16-8-7-10-23(31)29-22)19-11-13-20(14-12-19)28-21-15-17-30(18-21)26(33)34-27(2,3)4/h7-8,10-14,16,21,28H,5-6,9,15,17-18H2,1-4H3/t21-/m0/s1. The number of nitrogens with zero attached hydrogens (tertiary/aromatic N) is 3. The smallest absolute Gasteiger partial charge is 0.410 e. The fourth-order valence-electron chi connectivity index (χ4n) is 4.29. The molecule has 0 unspecified atom stereocenters. The van der Waals surface area contributed by atoms with Crippen LogP contribution in [-0.4, -0.2) is 45.1 Å². The first-order valence-corrected chi connectivity index (χ1v) is 12.1. The molecular formula is C27H34N4O3. The molecular weight excluding hydrogens is 428 g/mol. The van der Waals surface area contributed by atoms with Crippen molar-refractivity contribution in [3.05, 3.63) is 64.7 Å². The first-order chi connectivity index (χ1) is 16.2. The Kier molecular flexibility index (Phi) is 6.91. The van der Waals surface area contributed by atoms with Gasteiger partial charge >= 0.3 is 6.09 Å². The summed E-state index contributed by atoms with van der Waals surface area (Å²) in [5.74, 6) is 0. The molecule has 1 amide bonds. The maximum absolute atomic E-state index is 13.3. The van der Waals surface area contributed by atoms with E-state index in [0.717, 1.165) is 42.6 Å². The minimum Gasteiger partial charge on any atom is -0.444 e. The second-order valence-electron chi connectivity index (χ2n) is 9.90. The van der Waals surface area contributed by atoms with Gasteiger partial charge in [-0.3, -0.25) is 9.20 Å². The van der Waals surface area contributed by atoms with Crippen LogP contribution in [0.25, 0.3) is 16.8 Å². The number of fused-ring (bicyclic) bond motifs is 1. The van der Waals surface area contributed by atoms with E-state index < -0.39 is 5.60 Å². The average Bonchev–Trinajstić information content (AvgIpc) is 3.26. The number of nitrogens with one attached hydrogen (secondary N) is 1. The number of unbranched alkanes of at least 4 members (excludes halogenated alkanes) is 1. The number of likely N-dealkylation sites (tertiary alicyclic amines) is 1. The number of aromatic nitrogens is 2. The number of hydrogen-bond acceptors (Lipinski definition) is 5. The number of benzene rings is 1. The lowest BCUT2D eigenvalue weighted by molar-refractivity contribution is 0.0293. The molecule has 1 aromatic carbocycles. The summed E-state index contributed by atoms with van der Waals surface area (Å²) in [7, 11) is 0. The largest absolute Gasteiger partial charge is 0.444 e. The lowest BCUT2D eigenvalue weighted by Crippen LogP contribution is -2.36. The molecule has 0 spiro atoms. The molecule has 1 saturated heterocycles. The van der Waals surface area contributed by atoms with Crippen molar-refractivity contribution in [2.75, 3.05) is 18.4 Å². The van der Waals surface area contributed by atoms with E-state index in [1.54, 1.807) is 15.5 Å². The van der Waals surface area contributed by atoms with Gasteiger partial charge in [-0.1, -0.05) is 31.5 Å². The number of anilines is 1. The molecule has 0 bridgehead atoms. The second-order valence-corrected chi connectivity index (χ2v) is 9.90. The Morgan fingerprint density at radius 3 is 2.65 bits per heavy atom.